The summed E-state index contributed by atoms with van der Waals surface area (Å²) in [5, 5.41) is 0. The van der Waals surface area contributed by atoms with Gasteiger partial charge in [0.15, 0.2) is 5.65 Å². The molecule has 0 radical (unpaired) electrons. The number of fused-ring (bicyclic) bond motifs is 1. The quantitative estimate of drug-likeness (QED) is 0.709. The van der Waals surface area contributed by atoms with Crippen molar-refractivity contribution in [2.24, 2.45) is 5.92 Å². The van der Waals surface area contributed by atoms with E-state index in [1.54, 1.807) is 6.20 Å². The molecule has 1 unspecified atom stereocenters. The maximum absolute atomic E-state index is 13.2. The first kappa shape index (κ1) is 19.7. The summed E-state index contributed by atoms with van der Waals surface area (Å²) in [7, 11) is 0. The second kappa shape index (κ2) is 8.49. The summed E-state index contributed by atoms with van der Waals surface area (Å²) in [6, 6.07) is 13.3. The van der Waals surface area contributed by atoms with Gasteiger partial charge in [0, 0.05) is 49.8 Å². The Kier molecular flexibility index (Phi) is 5.40. The molecular formula is C24H27N5O2. The molecule has 31 heavy (non-hydrogen) atoms. The van der Waals surface area contributed by atoms with Crippen molar-refractivity contribution in [3.8, 4) is 0 Å². The number of H-pyrrole nitrogens is 1. The van der Waals surface area contributed by atoms with Gasteiger partial charge in [-0.05, 0) is 49.9 Å². The fourth-order valence-electron chi connectivity index (χ4n) is 4.81. The van der Waals surface area contributed by atoms with Crippen LogP contribution in [0, 0.1) is 5.92 Å². The van der Waals surface area contributed by atoms with E-state index in [1.807, 2.05) is 52.3 Å². The monoisotopic (exact) mass is 417 g/mol. The first-order valence-electron chi connectivity index (χ1n) is 11.1. The van der Waals surface area contributed by atoms with Gasteiger partial charge in [-0.25, -0.2) is 9.97 Å². The van der Waals surface area contributed by atoms with Crippen LogP contribution in [0.2, 0.25) is 0 Å². The smallest absolute Gasteiger partial charge is 0.253 e. The Balaban J connectivity index is 1.20. The summed E-state index contributed by atoms with van der Waals surface area (Å²) < 4.78 is 0. The van der Waals surface area contributed by atoms with Gasteiger partial charge in [0.05, 0.1) is 5.52 Å². The lowest BCUT2D eigenvalue weighted by atomic mass is 9.91. The van der Waals surface area contributed by atoms with Gasteiger partial charge >= 0.3 is 0 Å². The Labute approximate surface area is 181 Å². The largest absolute Gasteiger partial charge is 0.342 e. The molecule has 5 rings (SSSR count). The van der Waals surface area contributed by atoms with Crippen LogP contribution in [0.25, 0.3) is 11.2 Å². The van der Waals surface area contributed by atoms with Gasteiger partial charge in [0.2, 0.25) is 5.91 Å². The van der Waals surface area contributed by atoms with Crippen LogP contribution in [0.3, 0.4) is 0 Å². The minimum absolute atomic E-state index is 0.00378. The van der Waals surface area contributed by atoms with Crippen molar-refractivity contribution in [1.29, 1.82) is 0 Å². The predicted octanol–water partition coefficient (Wildman–Crippen LogP) is 3.22. The molecule has 2 amide bonds. The number of imidazole rings is 1. The number of nitrogens with one attached hydrogen (secondary N) is 1. The van der Waals surface area contributed by atoms with E-state index in [0.29, 0.717) is 25.2 Å². The van der Waals surface area contributed by atoms with Crippen molar-refractivity contribution in [1.82, 2.24) is 24.8 Å². The molecule has 0 spiro atoms. The van der Waals surface area contributed by atoms with E-state index in [4.69, 9.17) is 0 Å². The van der Waals surface area contributed by atoms with Gasteiger partial charge in [-0.15, -0.1) is 0 Å². The Morgan fingerprint density at radius 1 is 0.935 bits per heavy atom. The number of carbonyl (C=O) groups is 2. The van der Waals surface area contributed by atoms with Crippen LogP contribution in [0.4, 0.5) is 0 Å². The van der Waals surface area contributed by atoms with Crippen molar-refractivity contribution < 1.29 is 9.59 Å². The molecule has 2 saturated heterocycles. The standard InChI is InChI=1S/C24H27N5O2/c30-23(17-6-2-1-3-7-17)28-14-10-18(11-15-28)24(31)29-13-5-8-19(16-29)21-26-20-9-4-12-25-22(20)27-21/h1-4,6-7,9,12,18-19H,5,8,10-11,13-16H2,(H,25,26,27). The second-order valence-corrected chi connectivity index (χ2v) is 8.55. The molecule has 1 aromatic carbocycles. The molecule has 0 bridgehead atoms. The number of benzene rings is 1. The summed E-state index contributed by atoms with van der Waals surface area (Å²) in [4.78, 5) is 42.1. The number of aromatic nitrogens is 3. The molecule has 2 aliphatic heterocycles. The van der Waals surface area contributed by atoms with Crippen molar-refractivity contribution in [2.75, 3.05) is 26.2 Å². The molecule has 1 atom stereocenters. The number of hydrogen-bond acceptors (Lipinski definition) is 4. The zero-order valence-electron chi connectivity index (χ0n) is 17.5. The van der Waals surface area contributed by atoms with Gasteiger partial charge in [-0.1, -0.05) is 18.2 Å². The predicted molar refractivity (Wildman–Crippen MR) is 118 cm³/mol. The lowest BCUT2D eigenvalue weighted by Gasteiger charge is -2.37. The number of hydrogen-bond donors (Lipinski definition) is 1. The SMILES string of the molecule is O=C(c1ccccc1)N1CCC(C(=O)N2CCCC(c3nc4ncccc4[nH]3)C2)CC1. The molecule has 7 heteroatoms. The van der Waals surface area contributed by atoms with Crippen LogP contribution in [0.15, 0.2) is 48.7 Å². The third-order valence-electron chi connectivity index (χ3n) is 6.55. The van der Waals surface area contributed by atoms with Crippen molar-refractivity contribution >= 4 is 23.0 Å². The van der Waals surface area contributed by atoms with Crippen LogP contribution in [0.5, 0.6) is 0 Å². The van der Waals surface area contributed by atoms with E-state index < -0.39 is 0 Å². The first-order valence-corrected chi connectivity index (χ1v) is 11.1. The summed E-state index contributed by atoms with van der Waals surface area (Å²) in [6.45, 7) is 2.77. The number of amides is 2. The van der Waals surface area contributed by atoms with E-state index >= 15 is 0 Å². The van der Waals surface area contributed by atoms with Crippen molar-refractivity contribution in [3.63, 3.8) is 0 Å². The minimum atomic E-state index is -0.00378. The summed E-state index contributed by atoms with van der Waals surface area (Å²) in [6.07, 6.45) is 5.21. The highest BCUT2D eigenvalue weighted by Crippen LogP contribution is 2.29. The van der Waals surface area contributed by atoms with Crippen LogP contribution in [-0.2, 0) is 4.79 Å². The molecular weight excluding hydrogens is 390 g/mol. The highest BCUT2D eigenvalue weighted by molar-refractivity contribution is 5.94. The van der Waals surface area contributed by atoms with Gasteiger partial charge in [-0.3, -0.25) is 9.59 Å². The Hall–Kier alpha value is -3.22. The van der Waals surface area contributed by atoms with Gasteiger partial charge in [-0.2, -0.15) is 0 Å². The molecule has 160 valence electrons. The number of piperidine rings is 2. The zero-order valence-corrected chi connectivity index (χ0v) is 17.5. The van der Waals surface area contributed by atoms with Gasteiger partial charge < -0.3 is 14.8 Å². The second-order valence-electron chi connectivity index (χ2n) is 8.55. The fourth-order valence-corrected chi connectivity index (χ4v) is 4.81. The fraction of sp³-hybridized carbons (Fsp3) is 0.417. The molecule has 2 fully saturated rings. The Morgan fingerprint density at radius 3 is 2.52 bits per heavy atom. The Bertz CT molecular complexity index is 1040. The first-order chi connectivity index (χ1) is 15.2. The molecule has 2 aliphatic rings. The molecule has 7 nitrogen and oxygen atoms in total. The van der Waals surface area contributed by atoms with E-state index in [9.17, 15) is 9.59 Å². The van der Waals surface area contributed by atoms with Crippen LogP contribution in [0.1, 0.15) is 47.8 Å². The third-order valence-corrected chi connectivity index (χ3v) is 6.55. The molecule has 0 aliphatic carbocycles. The van der Waals surface area contributed by atoms with E-state index in [2.05, 4.69) is 15.0 Å². The molecule has 2 aromatic heterocycles. The maximum atomic E-state index is 13.2. The summed E-state index contributed by atoms with van der Waals surface area (Å²) >= 11 is 0. The number of pyridine rings is 1. The number of carbonyl (C=O) groups excluding carboxylic acids is 2. The number of nitrogens with zero attached hydrogens (tertiary/aromatic N) is 4. The highest BCUT2D eigenvalue weighted by Gasteiger charge is 2.33. The normalized spacial score (nSPS) is 20.2. The average molecular weight is 418 g/mol. The Morgan fingerprint density at radius 2 is 1.74 bits per heavy atom. The number of rotatable bonds is 3. The molecule has 3 aromatic rings. The van der Waals surface area contributed by atoms with Crippen molar-refractivity contribution in [3.05, 3.63) is 60.0 Å². The summed E-state index contributed by atoms with van der Waals surface area (Å²) in [5.41, 5.74) is 2.39. The maximum Gasteiger partial charge on any atom is 0.253 e. The molecule has 1 N–H and O–H groups in total. The van der Waals surface area contributed by atoms with E-state index in [0.717, 1.165) is 49.2 Å². The zero-order chi connectivity index (χ0) is 21.2. The van der Waals surface area contributed by atoms with Gasteiger partial charge in [0.1, 0.15) is 5.82 Å². The average Bonchev–Trinajstić information content (AvgIpc) is 3.28. The van der Waals surface area contributed by atoms with Crippen molar-refractivity contribution in [2.45, 2.75) is 31.6 Å². The van der Waals surface area contributed by atoms with E-state index in [1.165, 1.54) is 0 Å². The van der Waals surface area contributed by atoms with Crippen LogP contribution >= 0.6 is 0 Å². The van der Waals surface area contributed by atoms with Gasteiger partial charge in [0.25, 0.3) is 5.91 Å². The topological polar surface area (TPSA) is 82.2 Å². The lowest BCUT2D eigenvalue weighted by Crippen LogP contribution is -2.47. The number of likely N-dealkylation sites (tertiary alicyclic amines) is 2. The summed E-state index contributed by atoms with van der Waals surface area (Å²) in [5.74, 6) is 1.42. The molecule has 4 heterocycles. The highest BCUT2D eigenvalue weighted by atomic mass is 16.2. The molecule has 0 saturated carbocycles. The van der Waals surface area contributed by atoms with Crippen LogP contribution in [-0.4, -0.2) is 62.7 Å². The third kappa shape index (κ3) is 4.04. The lowest BCUT2D eigenvalue weighted by molar-refractivity contribution is -0.138. The van der Waals surface area contributed by atoms with Crippen LogP contribution < -0.4 is 0 Å². The van der Waals surface area contributed by atoms with E-state index in [-0.39, 0.29) is 23.7 Å². The minimum Gasteiger partial charge on any atom is -0.342 e. The number of aromatic amines is 1.